The van der Waals surface area contributed by atoms with E-state index < -0.39 is 32.0 Å². The number of nitrogens with zero attached hydrogens (tertiary/aromatic N) is 4. The monoisotopic (exact) mass is 480 g/mol. The van der Waals surface area contributed by atoms with Crippen LogP contribution in [0.1, 0.15) is 6.42 Å². The molecule has 1 unspecified atom stereocenters. The molecule has 1 aliphatic rings. The molecule has 1 fully saturated rings. The Kier molecular flexibility index (Phi) is 13.2. The molecule has 13 nitrogen and oxygen atoms in total. The molecule has 1 atom stereocenters. The highest BCUT2D eigenvalue weighted by Crippen LogP contribution is 2.31. The van der Waals surface area contributed by atoms with Crippen molar-refractivity contribution in [3.8, 4) is 0 Å². The van der Waals surface area contributed by atoms with Crippen LogP contribution in [-0.2, 0) is 19.2 Å². The van der Waals surface area contributed by atoms with Gasteiger partial charge < -0.3 is 25.3 Å². The number of carbonyl (C=O) groups is 4. The first kappa shape index (κ1) is 28.1. The van der Waals surface area contributed by atoms with Crippen molar-refractivity contribution in [3.63, 3.8) is 0 Å². The highest BCUT2D eigenvalue weighted by Gasteiger charge is 2.21. The first-order valence-corrected chi connectivity index (χ1v) is 11.9. The Balaban J connectivity index is 2.91. The minimum absolute atomic E-state index is 0.142. The topological polar surface area (TPSA) is 182 Å². The van der Waals surface area contributed by atoms with Crippen molar-refractivity contribution in [1.29, 1.82) is 0 Å². The Labute approximate surface area is 187 Å². The molecule has 184 valence electrons. The maximum atomic E-state index is 11.2. The van der Waals surface area contributed by atoms with Crippen molar-refractivity contribution >= 4 is 32.0 Å². The van der Waals surface area contributed by atoms with E-state index in [0.717, 1.165) is 0 Å². The van der Waals surface area contributed by atoms with Crippen LogP contribution in [-0.4, -0.2) is 153 Å². The van der Waals surface area contributed by atoms with Gasteiger partial charge in [0.25, 0.3) is 0 Å². The molecule has 0 aromatic rings. The van der Waals surface area contributed by atoms with E-state index in [2.05, 4.69) is 0 Å². The number of aliphatic carboxylic acids is 4. The fraction of sp³-hybridized carbons (Fsp3) is 0.778. The molecule has 5 N–H and O–H groups in total. The van der Waals surface area contributed by atoms with Gasteiger partial charge in [-0.05, 0) is 0 Å². The van der Waals surface area contributed by atoms with Crippen LogP contribution in [0.3, 0.4) is 0 Å². The van der Waals surface area contributed by atoms with E-state index in [0.29, 0.717) is 52.4 Å². The van der Waals surface area contributed by atoms with E-state index in [1.54, 1.807) is 14.7 Å². The fourth-order valence-corrected chi connectivity index (χ4v) is 4.63. The molecule has 0 aliphatic carbocycles. The molecule has 1 rings (SSSR count). The molecule has 0 spiro atoms. The van der Waals surface area contributed by atoms with Gasteiger partial charge in [0.05, 0.1) is 26.1 Å². The fourth-order valence-electron chi connectivity index (χ4n) is 3.29. The lowest BCUT2D eigenvalue weighted by atomic mass is 10.3. The lowest BCUT2D eigenvalue weighted by molar-refractivity contribution is -0.140. The molecule has 0 amide bonds. The van der Waals surface area contributed by atoms with Crippen LogP contribution in [0.4, 0.5) is 0 Å². The summed E-state index contributed by atoms with van der Waals surface area (Å²) in [7, 11) is -1.56. The van der Waals surface area contributed by atoms with E-state index in [4.69, 9.17) is 10.2 Å². The molecule has 0 saturated carbocycles. The van der Waals surface area contributed by atoms with Crippen LogP contribution in [0.15, 0.2) is 0 Å². The van der Waals surface area contributed by atoms with E-state index >= 15 is 0 Å². The van der Waals surface area contributed by atoms with Crippen LogP contribution in [0, 0.1) is 0 Å². The van der Waals surface area contributed by atoms with Crippen molar-refractivity contribution in [1.82, 2.24) is 19.6 Å². The average Bonchev–Trinajstić information content (AvgIpc) is 2.67. The lowest BCUT2D eigenvalue weighted by Gasteiger charge is -2.33. The summed E-state index contributed by atoms with van der Waals surface area (Å²) in [5, 5.41) is 36.4. The summed E-state index contributed by atoms with van der Waals surface area (Å²) in [6.07, 6.45) is 0.240. The molecule has 0 aromatic carbocycles. The van der Waals surface area contributed by atoms with Crippen LogP contribution >= 0.6 is 8.15 Å². The second-order valence-electron chi connectivity index (χ2n) is 7.64. The first-order chi connectivity index (χ1) is 15.0. The molecular weight excluding hydrogens is 447 g/mol. The quantitative estimate of drug-likeness (QED) is 0.211. The van der Waals surface area contributed by atoms with Crippen molar-refractivity contribution in [2.45, 2.75) is 6.42 Å². The van der Waals surface area contributed by atoms with Gasteiger partial charge in [0.1, 0.15) is 0 Å². The Hall–Kier alpha value is -1.89. The predicted molar refractivity (Wildman–Crippen MR) is 115 cm³/mol. The number of rotatable bonds is 11. The van der Waals surface area contributed by atoms with Crippen LogP contribution < -0.4 is 0 Å². The van der Waals surface area contributed by atoms with E-state index in [1.807, 2.05) is 4.90 Å². The maximum absolute atomic E-state index is 11.2. The predicted octanol–water partition coefficient (Wildman–Crippen LogP) is -1.72. The molecule has 0 radical (unpaired) electrons. The van der Waals surface area contributed by atoms with Crippen molar-refractivity contribution in [3.05, 3.63) is 0 Å². The summed E-state index contributed by atoms with van der Waals surface area (Å²) in [5.41, 5.74) is 0. The standard InChI is InChI=1S/C18H33N4O9P/c23-15(24)1-10-32(31)14-22-8-6-20(12-17(27)28)4-2-19(11-16(25)26)3-5-21(7-9-22)13-18(29)30/h31H,1-14H2,(H,23,24)(H,25,26)(H,27,28)(H,29,30). The minimum Gasteiger partial charge on any atom is -0.481 e. The van der Waals surface area contributed by atoms with Gasteiger partial charge in [-0.1, -0.05) is 0 Å². The Morgan fingerprint density at radius 2 is 0.875 bits per heavy atom. The molecule has 1 saturated heterocycles. The summed E-state index contributed by atoms with van der Waals surface area (Å²) < 4.78 is 0. The van der Waals surface area contributed by atoms with E-state index in [-0.39, 0.29) is 38.5 Å². The van der Waals surface area contributed by atoms with E-state index in [1.165, 1.54) is 0 Å². The minimum atomic E-state index is -1.56. The number of carboxylic acids is 4. The third-order valence-electron chi connectivity index (χ3n) is 4.95. The summed E-state index contributed by atoms with van der Waals surface area (Å²) in [6.45, 7) is 2.11. The second kappa shape index (κ2) is 15.0. The van der Waals surface area contributed by atoms with Crippen molar-refractivity contribution < 1.29 is 44.5 Å². The zero-order valence-corrected chi connectivity index (χ0v) is 18.9. The van der Waals surface area contributed by atoms with Gasteiger partial charge in [0, 0.05) is 73.0 Å². The lowest BCUT2D eigenvalue weighted by Crippen LogP contribution is -2.48. The molecular formula is C18H33N4O9P. The van der Waals surface area contributed by atoms with Gasteiger partial charge in [0.2, 0.25) is 0 Å². The zero-order chi connectivity index (χ0) is 24.1. The summed E-state index contributed by atoms with van der Waals surface area (Å²) in [4.78, 5) is 61.6. The highest BCUT2D eigenvalue weighted by atomic mass is 31.1. The van der Waals surface area contributed by atoms with Gasteiger partial charge in [-0.15, -0.1) is 0 Å². The van der Waals surface area contributed by atoms with Gasteiger partial charge in [0.15, 0.2) is 0 Å². The molecule has 1 aliphatic heterocycles. The van der Waals surface area contributed by atoms with Gasteiger partial charge in [-0.3, -0.25) is 38.8 Å². The van der Waals surface area contributed by atoms with Crippen molar-refractivity contribution in [2.75, 3.05) is 84.4 Å². The average molecular weight is 480 g/mol. The van der Waals surface area contributed by atoms with Gasteiger partial charge >= 0.3 is 23.9 Å². The molecule has 0 aromatic heterocycles. The summed E-state index contributed by atoms with van der Waals surface area (Å²) >= 11 is 0. The van der Waals surface area contributed by atoms with Gasteiger partial charge in [-0.25, -0.2) is 0 Å². The first-order valence-electron chi connectivity index (χ1n) is 10.3. The normalized spacial score (nSPS) is 19.5. The van der Waals surface area contributed by atoms with Crippen LogP contribution in [0.25, 0.3) is 0 Å². The maximum Gasteiger partial charge on any atom is 0.317 e. The molecule has 14 heteroatoms. The number of hydrogen-bond donors (Lipinski definition) is 5. The third-order valence-corrected chi connectivity index (χ3v) is 6.42. The van der Waals surface area contributed by atoms with E-state index in [9.17, 15) is 34.3 Å². The summed E-state index contributed by atoms with van der Waals surface area (Å²) in [6, 6.07) is 0. The summed E-state index contributed by atoms with van der Waals surface area (Å²) in [5.74, 6) is -4.03. The second-order valence-corrected chi connectivity index (χ2v) is 9.39. The number of hydrogen-bond acceptors (Lipinski definition) is 9. The zero-order valence-electron chi connectivity index (χ0n) is 18.0. The molecule has 1 heterocycles. The van der Waals surface area contributed by atoms with Crippen LogP contribution in [0.5, 0.6) is 0 Å². The Morgan fingerprint density at radius 1 is 0.562 bits per heavy atom. The Morgan fingerprint density at radius 3 is 1.16 bits per heavy atom. The molecule has 32 heavy (non-hydrogen) atoms. The van der Waals surface area contributed by atoms with Crippen LogP contribution in [0.2, 0.25) is 0 Å². The largest absolute Gasteiger partial charge is 0.481 e. The van der Waals surface area contributed by atoms with Gasteiger partial charge in [-0.2, -0.15) is 0 Å². The Bertz CT molecular complexity index is 608. The SMILES string of the molecule is O=C(O)CCP(O)CN1CCN(CC(=O)O)CCN(CC(=O)O)CCN(CC(=O)O)CC1. The molecule has 0 bridgehead atoms. The number of carboxylic acid groups (broad SMARTS) is 4. The van der Waals surface area contributed by atoms with Crippen molar-refractivity contribution in [2.24, 2.45) is 0 Å². The third kappa shape index (κ3) is 13.5. The smallest absolute Gasteiger partial charge is 0.317 e. The highest BCUT2D eigenvalue weighted by molar-refractivity contribution is 7.51.